The Kier molecular flexibility index (Phi) is 3.62. The van der Waals surface area contributed by atoms with Crippen LogP contribution in [0.5, 0.6) is 0 Å². The van der Waals surface area contributed by atoms with Gasteiger partial charge in [0.1, 0.15) is 0 Å². The van der Waals surface area contributed by atoms with E-state index in [1.165, 1.54) is 11.1 Å². The highest BCUT2D eigenvalue weighted by Crippen LogP contribution is 2.36. The Hall–Kier alpha value is -1.61. The predicted molar refractivity (Wildman–Crippen MR) is 85.0 cm³/mol. The van der Waals surface area contributed by atoms with Crippen LogP contribution in [0.2, 0.25) is 0 Å². The predicted octanol–water partition coefficient (Wildman–Crippen LogP) is 4.29. The van der Waals surface area contributed by atoms with Crippen LogP contribution in [0.25, 0.3) is 0 Å². The number of anilines is 1. The van der Waals surface area contributed by atoms with E-state index in [1.54, 1.807) is 0 Å². The van der Waals surface area contributed by atoms with Crippen LogP contribution in [0.3, 0.4) is 0 Å². The Morgan fingerprint density at radius 3 is 2.50 bits per heavy atom. The molecule has 1 aliphatic heterocycles. The Labute approximate surface area is 127 Å². The van der Waals surface area contributed by atoms with Crippen molar-refractivity contribution in [3.05, 3.63) is 63.6 Å². The minimum atomic E-state index is -0.0880. The van der Waals surface area contributed by atoms with Crippen LogP contribution in [-0.4, -0.2) is 5.91 Å². The van der Waals surface area contributed by atoms with Crippen molar-refractivity contribution in [3.8, 4) is 0 Å². The van der Waals surface area contributed by atoms with Crippen molar-refractivity contribution in [2.45, 2.75) is 25.7 Å². The molecule has 0 spiro atoms. The molecule has 2 nitrogen and oxygen atoms in total. The molecule has 20 heavy (non-hydrogen) atoms. The summed E-state index contributed by atoms with van der Waals surface area (Å²) in [7, 11) is 0. The maximum atomic E-state index is 12.1. The van der Waals surface area contributed by atoms with Gasteiger partial charge in [-0.15, -0.1) is 0 Å². The van der Waals surface area contributed by atoms with E-state index in [0.29, 0.717) is 0 Å². The normalized spacial score (nSPS) is 16.9. The van der Waals surface area contributed by atoms with Gasteiger partial charge in [-0.25, -0.2) is 0 Å². The summed E-state index contributed by atoms with van der Waals surface area (Å²) >= 11 is 3.48. The number of nitrogens with one attached hydrogen (secondary N) is 1. The molecule has 0 saturated carbocycles. The molecule has 0 saturated heterocycles. The van der Waals surface area contributed by atoms with Gasteiger partial charge < -0.3 is 5.32 Å². The fraction of sp³-hybridized carbons (Fsp3) is 0.235. The molecule has 0 fully saturated rings. The topological polar surface area (TPSA) is 29.1 Å². The lowest BCUT2D eigenvalue weighted by Crippen LogP contribution is -2.14. The van der Waals surface area contributed by atoms with Gasteiger partial charge in [0, 0.05) is 10.2 Å². The summed E-state index contributed by atoms with van der Waals surface area (Å²) in [6, 6.07) is 14.5. The van der Waals surface area contributed by atoms with Crippen molar-refractivity contribution < 1.29 is 4.79 Å². The molecule has 1 amide bonds. The van der Waals surface area contributed by atoms with Crippen LogP contribution in [-0.2, 0) is 17.6 Å². The van der Waals surface area contributed by atoms with E-state index >= 15 is 0 Å². The lowest BCUT2D eigenvalue weighted by Gasteiger charge is -2.10. The van der Waals surface area contributed by atoms with Gasteiger partial charge in [-0.05, 0) is 47.7 Å². The molecule has 2 aromatic carbocycles. The number of hydrogen-bond donors (Lipinski definition) is 1. The van der Waals surface area contributed by atoms with Crippen molar-refractivity contribution in [3.63, 3.8) is 0 Å². The van der Waals surface area contributed by atoms with E-state index in [4.69, 9.17) is 0 Å². The third-order valence-electron chi connectivity index (χ3n) is 3.83. The zero-order valence-electron chi connectivity index (χ0n) is 11.3. The minimum Gasteiger partial charge on any atom is -0.325 e. The monoisotopic (exact) mass is 329 g/mol. The smallest absolute Gasteiger partial charge is 0.232 e. The number of carbonyl (C=O) groups excluding carboxylic acids is 1. The first-order valence-corrected chi connectivity index (χ1v) is 7.65. The SMILES string of the molecule is CCc1ccc(C[C@@H]2C(=O)Nc3ccc(Br)cc32)cc1. The molecule has 1 aliphatic rings. The van der Waals surface area contributed by atoms with E-state index in [2.05, 4.69) is 52.4 Å². The van der Waals surface area contributed by atoms with Gasteiger partial charge in [0.15, 0.2) is 0 Å². The second-order valence-electron chi connectivity index (χ2n) is 5.15. The van der Waals surface area contributed by atoms with Gasteiger partial charge in [0.25, 0.3) is 0 Å². The maximum absolute atomic E-state index is 12.1. The molecular weight excluding hydrogens is 314 g/mol. The molecule has 2 aromatic rings. The van der Waals surface area contributed by atoms with Gasteiger partial charge >= 0.3 is 0 Å². The van der Waals surface area contributed by atoms with E-state index < -0.39 is 0 Å². The molecule has 0 aliphatic carbocycles. The number of amides is 1. The van der Waals surface area contributed by atoms with Crippen LogP contribution in [0.1, 0.15) is 29.5 Å². The molecule has 1 heterocycles. The van der Waals surface area contributed by atoms with Gasteiger partial charge in [-0.2, -0.15) is 0 Å². The zero-order valence-corrected chi connectivity index (χ0v) is 12.9. The lowest BCUT2D eigenvalue weighted by atomic mass is 9.93. The first-order chi connectivity index (χ1) is 9.67. The first-order valence-electron chi connectivity index (χ1n) is 6.85. The third-order valence-corrected chi connectivity index (χ3v) is 4.33. The van der Waals surface area contributed by atoms with Crippen LogP contribution < -0.4 is 5.32 Å². The summed E-state index contributed by atoms with van der Waals surface area (Å²) in [5.74, 6) is 0.00708. The molecule has 3 heteroatoms. The molecule has 0 bridgehead atoms. The molecular formula is C17H16BrNO. The number of rotatable bonds is 3. The average molecular weight is 330 g/mol. The summed E-state index contributed by atoms with van der Waals surface area (Å²) in [6.07, 6.45) is 1.79. The molecule has 0 aromatic heterocycles. The summed E-state index contributed by atoms with van der Waals surface area (Å²) in [4.78, 5) is 12.1. The first kappa shape index (κ1) is 13.4. The van der Waals surface area contributed by atoms with Crippen LogP contribution in [0.4, 0.5) is 5.69 Å². The maximum Gasteiger partial charge on any atom is 0.232 e. The molecule has 1 atom stereocenters. The van der Waals surface area contributed by atoms with Gasteiger partial charge in [-0.1, -0.05) is 47.1 Å². The van der Waals surface area contributed by atoms with Crippen molar-refractivity contribution >= 4 is 27.5 Å². The summed E-state index contributed by atoms with van der Waals surface area (Å²) in [6.45, 7) is 2.15. The number of halogens is 1. The average Bonchev–Trinajstić information content (AvgIpc) is 2.76. The van der Waals surface area contributed by atoms with Gasteiger partial charge in [0.05, 0.1) is 5.92 Å². The summed E-state index contributed by atoms with van der Waals surface area (Å²) in [5.41, 5.74) is 4.56. The fourth-order valence-electron chi connectivity index (χ4n) is 2.65. The second kappa shape index (κ2) is 5.41. The lowest BCUT2D eigenvalue weighted by molar-refractivity contribution is -0.117. The zero-order chi connectivity index (χ0) is 14.1. The van der Waals surface area contributed by atoms with E-state index in [0.717, 1.165) is 28.6 Å². The molecule has 0 radical (unpaired) electrons. The van der Waals surface area contributed by atoms with E-state index in [-0.39, 0.29) is 11.8 Å². The van der Waals surface area contributed by atoms with Crippen molar-refractivity contribution in [2.24, 2.45) is 0 Å². The van der Waals surface area contributed by atoms with Crippen molar-refractivity contribution in [1.29, 1.82) is 0 Å². The molecule has 1 N–H and O–H groups in total. The third kappa shape index (κ3) is 2.50. The highest BCUT2D eigenvalue weighted by Gasteiger charge is 2.30. The highest BCUT2D eigenvalue weighted by atomic mass is 79.9. The standard InChI is InChI=1S/C17H16BrNO/c1-2-11-3-5-12(6-4-11)9-15-14-10-13(18)7-8-16(14)19-17(15)20/h3-8,10,15H,2,9H2,1H3,(H,19,20)/t15-/m0/s1. The molecule has 102 valence electrons. The quantitative estimate of drug-likeness (QED) is 0.894. The highest BCUT2D eigenvalue weighted by molar-refractivity contribution is 9.10. The van der Waals surface area contributed by atoms with Crippen molar-refractivity contribution in [2.75, 3.05) is 5.32 Å². The van der Waals surface area contributed by atoms with Crippen molar-refractivity contribution in [1.82, 2.24) is 0 Å². The summed E-state index contributed by atoms with van der Waals surface area (Å²) < 4.78 is 1.01. The Morgan fingerprint density at radius 1 is 1.10 bits per heavy atom. The number of hydrogen-bond acceptors (Lipinski definition) is 1. The number of carbonyl (C=O) groups is 1. The summed E-state index contributed by atoms with van der Waals surface area (Å²) in [5, 5.41) is 2.96. The number of fused-ring (bicyclic) bond motifs is 1. The van der Waals surface area contributed by atoms with Crippen LogP contribution in [0.15, 0.2) is 46.9 Å². The van der Waals surface area contributed by atoms with Gasteiger partial charge in [0.2, 0.25) is 5.91 Å². The van der Waals surface area contributed by atoms with Crippen LogP contribution in [0, 0.1) is 0 Å². The Balaban J connectivity index is 1.87. The van der Waals surface area contributed by atoms with Crippen LogP contribution >= 0.6 is 15.9 Å². The molecule has 3 rings (SSSR count). The Morgan fingerprint density at radius 2 is 1.80 bits per heavy atom. The fourth-order valence-corrected chi connectivity index (χ4v) is 3.02. The van der Waals surface area contributed by atoms with E-state index in [9.17, 15) is 4.79 Å². The minimum absolute atomic E-state index is 0.0880. The molecule has 0 unspecified atom stereocenters. The van der Waals surface area contributed by atoms with Gasteiger partial charge in [-0.3, -0.25) is 4.79 Å². The number of benzene rings is 2. The number of aryl methyl sites for hydroxylation is 1. The largest absolute Gasteiger partial charge is 0.325 e. The second-order valence-corrected chi connectivity index (χ2v) is 6.06. The van der Waals surface area contributed by atoms with E-state index in [1.807, 2.05) is 18.2 Å². The Bertz CT molecular complexity index is 649.